The average molecular weight is 589 g/mol. The van der Waals surface area contributed by atoms with E-state index in [1.165, 1.54) is 23.3 Å². The Bertz CT molecular complexity index is 1450. The highest BCUT2D eigenvalue weighted by molar-refractivity contribution is 5.94. The van der Waals surface area contributed by atoms with Crippen LogP contribution in [0.3, 0.4) is 0 Å². The highest BCUT2D eigenvalue weighted by atomic mass is 16.7. The maximum Gasteiger partial charge on any atom is 0.270 e. The molecule has 3 aromatic rings. The summed E-state index contributed by atoms with van der Waals surface area (Å²) in [5, 5.41) is 11.3. The van der Waals surface area contributed by atoms with Crippen LogP contribution in [-0.2, 0) is 17.4 Å². The first-order chi connectivity index (χ1) is 20.4. The SMILES string of the molecule is CCC(C)(C)c1ccc(OCCCCN(Cc2ccc3c(c2)OCO3)C(=O)c2cccc([N+](=O)[O-])c2)c(C(C)(C)CC)c1. The lowest BCUT2D eigenvalue weighted by Crippen LogP contribution is -2.31. The summed E-state index contributed by atoms with van der Waals surface area (Å²) in [5.74, 6) is 1.97. The normalized spacial score (nSPS) is 12.7. The van der Waals surface area contributed by atoms with Crippen LogP contribution in [0.4, 0.5) is 5.69 Å². The van der Waals surface area contributed by atoms with Gasteiger partial charge in [-0.1, -0.05) is 65.8 Å². The predicted octanol–water partition coefficient (Wildman–Crippen LogP) is 8.20. The van der Waals surface area contributed by atoms with Crippen molar-refractivity contribution in [1.29, 1.82) is 0 Å². The van der Waals surface area contributed by atoms with Gasteiger partial charge in [-0.15, -0.1) is 0 Å². The Morgan fingerprint density at radius 1 is 0.930 bits per heavy atom. The fourth-order valence-electron chi connectivity index (χ4n) is 5.03. The molecule has 0 saturated heterocycles. The molecule has 230 valence electrons. The van der Waals surface area contributed by atoms with Crippen molar-refractivity contribution in [1.82, 2.24) is 4.90 Å². The van der Waals surface area contributed by atoms with Crippen molar-refractivity contribution < 1.29 is 23.9 Å². The number of rotatable bonds is 14. The van der Waals surface area contributed by atoms with Crippen molar-refractivity contribution in [2.24, 2.45) is 0 Å². The third kappa shape index (κ3) is 7.66. The number of hydrogen-bond acceptors (Lipinski definition) is 6. The molecule has 8 heteroatoms. The van der Waals surface area contributed by atoms with Gasteiger partial charge in [0, 0.05) is 36.3 Å². The van der Waals surface area contributed by atoms with Crippen LogP contribution in [0.1, 0.15) is 94.3 Å². The van der Waals surface area contributed by atoms with Crippen molar-refractivity contribution in [3.05, 3.63) is 93.0 Å². The Balaban J connectivity index is 1.46. The van der Waals surface area contributed by atoms with Crippen LogP contribution in [0.5, 0.6) is 17.2 Å². The Morgan fingerprint density at radius 2 is 1.67 bits per heavy atom. The number of nitro groups is 1. The molecule has 1 aliphatic rings. The first-order valence-electron chi connectivity index (χ1n) is 15.1. The zero-order valence-corrected chi connectivity index (χ0v) is 26.3. The molecule has 1 aliphatic heterocycles. The molecule has 1 amide bonds. The van der Waals surface area contributed by atoms with Crippen LogP contribution in [0.25, 0.3) is 0 Å². The minimum atomic E-state index is -0.486. The molecule has 0 unspecified atom stereocenters. The molecule has 0 bridgehead atoms. The number of ether oxygens (including phenoxy) is 3. The van der Waals surface area contributed by atoms with Gasteiger partial charge in [0.25, 0.3) is 11.6 Å². The number of nitro benzene ring substituents is 1. The molecular formula is C35H44N2O6. The van der Waals surface area contributed by atoms with Crippen molar-refractivity contribution in [2.75, 3.05) is 19.9 Å². The van der Waals surface area contributed by atoms with Gasteiger partial charge in [0.2, 0.25) is 6.79 Å². The van der Waals surface area contributed by atoms with E-state index in [1.807, 2.05) is 18.2 Å². The van der Waals surface area contributed by atoms with Gasteiger partial charge in [-0.2, -0.15) is 0 Å². The zero-order chi connectivity index (χ0) is 31.2. The molecule has 1 heterocycles. The summed E-state index contributed by atoms with van der Waals surface area (Å²) in [4.78, 5) is 26.2. The van der Waals surface area contributed by atoms with Crippen LogP contribution >= 0.6 is 0 Å². The minimum Gasteiger partial charge on any atom is -0.493 e. The summed E-state index contributed by atoms with van der Waals surface area (Å²) < 4.78 is 17.3. The van der Waals surface area contributed by atoms with Crippen LogP contribution in [0.15, 0.2) is 60.7 Å². The van der Waals surface area contributed by atoms with Crippen molar-refractivity contribution >= 4 is 11.6 Å². The topological polar surface area (TPSA) is 91.1 Å². The largest absolute Gasteiger partial charge is 0.493 e. The number of carbonyl (C=O) groups is 1. The van der Waals surface area contributed by atoms with Crippen LogP contribution in [-0.4, -0.2) is 35.7 Å². The van der Waals surface area contributed by atoms with Gasteiger partial charge < -0.3 is 19.1 Å². The van der Waals surface area contributed by atoms with Gasteiger partial charge in [0.15, 0.2) is 11.5 Å². The number of hydrogen-bond donors (Lipinski definition) is 0. The first-order valence-corrected chi connectivity index (χ1v) is 15.1. The summed E-state index contributed by atoms with van der Waals surface area (Å²) in [6, 6.07) is 18.1. The predicted molar refractivity (Wildman–Crippen MR) is 168 cm³/mol. The van der Waals surface area contributed by atoms with E-state index in [9.17, 15) is 14.9 Å². The number of carbonyl (C=O) groups excluding carboxylic acids is 1. The molecule has 0 aliphatic carbocycles. The van der Waals surface area contributed by atoms with Crippen molar-refractivity contribution in [3.63, 3.8) is 0 Å². The minimum absolute atomic E-state index is 0.0265. The molecule has 3 aromatic carbocycles. The van der Waals surface area contributed by atoms with E-state index < -0.39 is 4.92 Å². The molecule has 43 heavy (non-hydrogen) atoms. The molecule has 8 nitrogen and oxygen atoms in total. The molecule has 0 N–H and O–H groups in total. The molecule has 0 saturated carbocycles. The average Bonchev–Trinajstić information content (AvgIpc) is 3.48. The highest BCUT2D eigenvalue weighted by Gasteiger charge is 2.27. The summed E-state index contributed by atoms with van der Waals surface area (Å²) in [6.07, 6.45) is 3.50. The second-order valence-electron chi connectivity index (χ2n) is 12.5. The van der Waals surface area contributed by atoms with E-state index in [2.05, 4.69) is 59.7 Å². The Labute approximate surface area is 255 Å². The summed E-state index contributed by atoms with van der Waals surface area (Å²) in [7, 11) is 0. The molecule has 0 fully saturated rings. The fourth-order valence-corrected chi connectivity index (χ4v) is 5.03. The lowest BCUT2D eigenvalue weighted by molar-refractivity contribution is -0.384. The van der Waals surface area contributed by atoms with E-state index in [4.69, 9.17) is 14.2 Å². The van der Waals surface area contributed by atoms with E-state index >= 15 is 0 Å². The van der Waals surface area contributed by atoms with Crippen molar-refractivity contribution in [3.8, 4) is 17.2 Å². The quantitative estimate of drug-likeness (QED) is 0.107. The van der Waals surface area contributed by atoms with E-state index in [0.717, 1.165) is 30.6 Å². The summed E-state index contributed by atoms with van der Waals surface area (Å²) in [5.41, 5.74) is 3.66. The fraction of sp³-hybridized carbons (Fsp3) is 0.457. The first kappa shape index (κ1) is 31.9. The number of amides is 1. The lowest BCUT2D eigenvalue weighted by Gasteiger charge is -2.30. The molecule has 4 rings (SSSR count). The zero-order valence-electron chi connectivity index (χ0n) is 26.3. The number of fused-ring (bicyclic) bond motifs is 1. The maximum atomic E-state index is 13.6. The van der Waals surface area contributed by atoms with Gasteiger partial charge in [-0.3, -0.25) is 14.9 Å². The number of unbranched alkanes of at least 4 members (excludes halogenated alkanes) is 1. The third-order valence-corrected chi connectivity index (χ3v) is 8.74. The standard InChI is InChI=1S/C35H44N2O6/c1-7-34(3,4)27-15-17-30(29(22-27)35(5,6)8-2)41-19-10-9-18-36(23-25-14-16-31-32(20-25)43-24-42-31)33(38)26-12-11-13-28(21-26)37(39)40/h11-17,20-22H,7-10,18-19,23-24H2,1-6H3. The molecular weight excluding hydrogens is 544 g/mol. The monoisotopic (exact) mass is 588 g/mol. The summed E-state index contributed by atoms with van der Waals surface area (Å²) in [6.45, 7) is 15.0. The van der Waals surface area contributed by atoms with E-state index in [0.29, 0.717) is 37.6 Å². The van der Waals surface area contributed by atoms with E-state index in [-0.39, 0.29) is 34.8 Å². The van der Waals surface area contributed by atoms with Gasteiger partial charge in [0.05, 0.1) is 11.5 Å². The summed E-state index contributed by atoms with van der Waals surface area (Å²) >= 11 is 0. The smallest absolute Gasteiger partial charge is 0.270 e. The second-order valence-corrected chi connectivity index (χ2v) is 12.5. The molecule has 0 atom stereocenters. The Kier molecular flexibility index (Phi) is 9.99. The number of non-ortho nitro benzene ring substituents is 1. The van der Waals surface area contributed by atoms with E-state index in [1.54, 1.807) is 17.0 Å². The molecule has 0 radical (unpaired) electrons. The number of nitrogens with zero attached hydrogens (tertiary/aromatic N) is 2. The third-order valence-electron chi connectivity index (χ3n) is 8.74. The van der Waals surface area contributed by atoms with Gasteiger partial charge in [0.1, 0.15) is 5.75 Å². The van der Waals surface area contributed by atoms with Gasteiger partial charge in [-0.05, 0) is 71.9 Å². The Morgan fingerprint density at radius 3 is 2.40 bits per heavy atom. The maximum absolute atomic E-state index is 13.6. The van der Waals surface area contributed by atoms with Gasteiger partial charge >= 0.3 is 0 Å². The van der Waals surface area contributed by atoms with Crippen LogP contribution < -0.4 is 14.2 Å². The number of benzene rings is 3. The van der Waals surface area contributed by atoms with Crippen molar-refractivity contribution in [2.45, 2.75) is 84.6 Å². The Hall–Kier alpha value is -4.07. The molecule has 0 spiro atoms. The second kappa shape index (κ2) is 13.5. The lowest BCUT2D eigenvalue weighted by atomic mass is 9.76. The highest BCUT2D eigenvalue weighted by Crippen LogP contribution is 2.38. The molecule has 0 aromatic heterocycles. The van der Waals surface area contributed by atoms with Crippen LogP contribution in [0, 0.1) is 10.1 Å². The van der Waals surface area contributed by atoms with Gasteiger partial charge in [-0.25, -0.2) is 0 Å². The van der Waals surface area contributed by atoms with Crippen LogP contribution in [0.2, 0.25) is 0 Å².